The van der Waals surface area contributed by atoms with Gasteiger partial charge in [0.05, 0.1) is 22.2 Å². The molecule has 1 aliphatic carbocycles. The van der Waals surface area contributed by atoms with Gasteiger partial charge >= 0.3 is 11.9 Å². The Morgan fingerprint density at radius 1 is 1.03 bits per heavy atom. The number of ether oxygens (including phenoxy) is 2. The average molecular weight is 453 g/mol. The van der Waals surface area contributed by atoms with Gasteiger partial charge in [0.2, 0.25) is 5.91 Å². The van der Waals surface area contributed by atoms with Crippen molar-refractivity contribution in [2.24, 2.45) is 5.41 Å². The van der Waals surface area contributed by atoms with Crippen LogP contribution in [0.5, 0.6) is 0 Å². The molecular formula is C26H32N2O5. The van der Waals surface area contributed by atoms with Gasteiger partial charge in [-0.2, -0.15) is 0 Å². The van der Waals surface area contributed by atoms with Gasteiger partial charge in [-0.25, -0.2) is 9.59 Å². The van der Waals surface area contributed by atoms with E-state index in [1.807, 2.05) is 11.0 Å². The summed E-state index contributed by atoms with van der Waals surface area (Å²) in [6.45, 7) is 6.07. The van der Waals surface area contributed by atoms with E-state index in [4.69, 9.17) is 9.47 Å². The number of nitrogens with zero attached hydrogens (tertiary/aromatic N) is 2. The van der Waals surface area contributed by atoms with E-state index in [-0.39, 0.29) is 29.9 Å². The highest BCUT2D eigenvalue weighted by Crippen LogP contribution is 2.47. The molecule has 0 N–H and O–H groups in total. The second-order valence-corrected chi connectivity index (χ2v) is 10.0. The molecule has 1 saturated heterocycles. The summed E-state index contributed by atoms with van der Waals surface area (Å²) in [4.78, 5) is 41.1. The van der Waals surface area contributed by atoms with Crippen LogP contribution in [-0.2, 0) is 32.1 Å². The Bertz CT molecular complexity index is 1050. The zero-order chi connectivity index (χ0) is 23.3. The molecule has 1 spiro atoms. The lowest BCUT2D eigenvalue weighted by Crippen LogP contribution is -2.43. The summed E-state index contributed by atoms with van der Waals surface area (Å²) < 4.78 is 10.3. The van der Waals surface area contributed by atoms with Gasteiger partial charge in [0.25, 0.3) is 0 Å². The van der Waals surface area contributed by atoms with Crippen molar-refractivity contribution in [3.8, 4) is 0 Å². The van der Waals surface area contributed by atoms with Crippen LogP contribution in [0.25, 0.3) is 0 Å². The second kappa shape index (κ2) is 8.28. The molecule has 0 aromatic heterocycles. The number of carbonyl (C=O) groups excluding carboxylic acids is 3. The fourth-order valence-corrected chi connectivity index (χ4v) is 6.03. The molecule has 0 atom stereocenters. The Morgan fingerprint density at radius 3 is 2.45 bits per heavy atom. The maximum Gasteiger partial charge on any atom is 0.338 e. The lowest BCUT2D eigenvalue weighted by molar-refractivity contribution is -0.138. The van der Waals surface area contributed by atoms with Crippen LogP contribution in [0.4, 0.5) is 0 Å². The Morgan fingerprint density at radius 2 is 1.76 bits per heavy atom. The quantitative estimate of drug-likeness (QED) is 0.639. The minimum atomic E-state index is -0.304. The summed E-state index contributed by atoms with van der Waals surface area (Å²) in [6, 6.07) is 4.42. The van der Waals surface area contributed by atoms with Gasteiger partial charge in [-0.05, 0) is 76.6 Å². The first-order valence-corrected chi connectivity index (χ1v) is 12.0. The van der Waals surface area contributed by atoms with Crippen molar-refractivity contribution in [2.75, 3.05) is 26.7 Å². The first-order valence-electron chi connectivity index (χ1n) is 12.0. The van der Waals surface area contributed by atoms with Gasteiger partial charge in [-0.1, -0.05) is 6.07 Å². The van der Waals surface area contributed by atoms with E-state index < -0.39 is 0 Å². The van der Waals surface area contributed by atoms with Crippen molar-refractivity contribution in [3.63, 3.8) is 0 Å². The number of benzene rings is 1. The smallest absolute Gasteiger partial charge is 0.338 e. The molecule has 1 aromatic rings. The van der Waals surface area contributed by atoms with Crippen molar-refractivity contribution in [1.29, 1.82) is 0 Å². The van der Waals surface area contributed by atoms with Gasteiger partial charge in [0.1, 0.15) is 13.2 Å². The highest BCUT2D eigenvalue weighted by molar-refractivity contribution is 5.94. The van der Waals surface area contributed by atoms with Gasteiger partial charge in [-0.15, -0.1) is 0 Å². The molecule has 2 fully saturated rings. The molecule has 7 heteroatoms. The van der Waals surface area contributed by atoms with E-state index in [0.29, 0.717) is 30.3 Å². The Labute approximate surface area is 194 Å². The molecule has 1 aromatic carbocycles. The highest BCUT2D eigenvalue weighted by Gasteiger charge is 2.50. The topological polar surface area (TPSA) is 76.2 Å². The summed E-state index contributed by atoms with van der Waals surface area (Å²) >= 11 is 0. The van der Waals surface area contributed by atoms with Crippen LogP contribution in [0.3, 0.4) is 0 Å². The van der Waals surface area contributed by atoms with Crippen molar-refractivity contribution < 1.29 is 23.9 Å². The number of hydrogen-bond acceptors (Lipinski definition) is 6. The molecule has 1 amide bonds. The van der Waals surface area contributed by atoms with E-state index in [1.165, 1.54) is 11.1 Å². The minimum Gasteiger partial charge on any atom is -0.457 e. The lowest BCUT2D eigenvalue weighted by Gasteiger charge is -2.39. The Balaban J connectivity index is 1.18. The molecule has 4 aliphatic rings. The number of esters is 2. The summed E-state index contributed by atoms with van der Waals surface area (Å²) in [5, 5.41) is 0. The number of likely N-dealkylation sites (N-methyl/N-ethyl adjacent to an activating group) is 1. The van der Waals surface area contributed by atoms with E-state index in [0.717, 1.165) is 56.3 Å². The zero-order valence-corrected chi connectivity index (χ0v) is 19.7. The predicted octanol–water partition coefficient (Wildman–Crippen LogP) is 3.13. The number of hydrogen-bond donors (Lipinski definition) is 0. The predicted molar refractivity (Wildman–Crippen MR) is 121 cm³/mol. The monoisotopic (exact) mass is 452 g/mol. The van der Waals surface area contributed by atoms with E-state index in [9.17, 15) is 14.4 Å². The molecule has 0 unspecified atom stereocenters. The molecule has 5 rings (SSSR count). The highest BCUT2D eigenvalue weighted by atomic mass is 16.5. The third-order valence-corrected chi connectivity index (χ3v) is 8.47. The van der Waals surface area contributed by atoms with E-state index in [2.05, 4.69) is 24.9 Å². The van der Waals surface area contributed by atoms with E-state index >= 15 is 0 Å². The standard InChI is InChI=1S/C26H32N2O5/c1-16-18(4-5-20-21(16)14-32-24(20)30)8-12-27(3)19-6-9-26(10-7-19)11-13-28(25(26)31)22-15-33-23(29)17(22)2/h4-5,19H,6-15H2,1-3H3. The minimum absolute atomic E-state index is 0.182. The second-order valence-electron chi connectivity index (χ2n) is 10.0. The maximum atomic E-state index is 13.3. The molecule has 33 heavy (non-hydrogen) atoms. The first kappa shape index (κ1) is 22.1. The van der Waals surface area contributed by atoms with Gasteiger partial charge in [0.15, 0.2) is 0 Å². The fraction of sp³-hybridized carbons (Fsp3) is 0.577. The van der Waals surface area contributed by atoms with Crippen molar-refractivity contribution in [1.82, 2.24) is 9.80 Å². The van der Waals surface area contributed by atoms with Crippen molar-refractivity contribution >= 4 is 17.8 Å². The third-order valence-electron chi connectivity index (χ3n) is 8.47. The molecule has 3 heterocycles. The van der Waals surface area contributed by atoms with Crippen LogP contribution in [0.15, 0.2) is 23.4 Å². The van der Waals surface area contributed by atoms with Crippen LogP contribution in [0.2, 0.25) is 0 Å². The van der Waals surface area contributed by atoms with Crippen LogP contribution in [0, 0.1) is 12.3 Å². The van der Waals surface area contributed by atoms with Crippen molar-refractivity contribution in [3.05, 3.63) is 45.7 Å². The number of likely N-dealkylation sites (tertiary alicyclic amines) is 1. The molecular weight excluding hydrogens is 420 g/mol. The number of amides is 1. The Kier molecular flexibility index (Phi) is 5.55. The Hall–Kier alpha value is -2.67. The largest absolute Gasteiger partial charge is 0.457 e. The van der Waals surface area contributed by atoms with Gasteiger partial charge in [-0.3, -0.25) is 4.79 Å². The number of cyclic esters (lactones) is 2. The van der Waals surface area contributed by atoms with E-state index in [1.54, 1.807) is 6.92 Å². The SMILES string of the molecule is CC1=C(N2CCC3(CCC(N(C)CCc4ccc5c(c4C)COC5=O)CC3)C2=O)COC1=O. The number of rotatable bonds is 5. The van der Waals surface area contributed by atoms with Gasteiger partial charge in [0, 0.05) is 24.7 Å². The van der Waals surface area contributed by atoms with Crippen LogP contribution < -0.4 is 0 Å². The molecule has 3 aliphatic heterocycles. The summed E-state index contributed by atoms with van der Waals surface area (Å²) in [5.41, 5.74) is 5.24. The molecule has 0 bridgehead atoms. The lowest BCUT2D eigenvalue weighted by atomic mass is 9.71. The molecule has 7 nitrogen and oxygen atoms in total. The van der Waals surface area contributed by atoms with Gasteiger partial charge < -0.3 is 19.3 Å². The third kappa shape index (κ3) is 3.66. The number of fused-ring (bicyclic) bond motifs is 1. The fourth-order valence-electron chi connectivity index (χ4n) is 6.03. The van der Waals surface area contributed by atoms with Crippen molar-refractivity contribution in [2.45, 2.75) is 65.0 Å². The van der Waals surface area contributed by atoms with Crippen LogP contribution in [0.1, 0.15) is 66.1 Å². The average Bonchev–Trinajstić information content (AvgIpc) is 3.45. The summed E-state index contributed by atoms with van der Waals surface area (Å²) in [5.74, 6) is -0.338. The molecule has 0 radical (unpaired) electrons. The van der Waals surface area contributed by atoms with Crippen LogP contribution >= 0.6 is 0 Å². The number of carbonyl (C=O) groups is 3. The summed E-state index contributed by atoms with van der Waals surface area (Å²) in [7, 11) is 2.18. The molecule has 1 saturated carbocycles. The first-order chi connectivity index (χ1) is 15.8. The zero-order valence-electron chi connectivity index (χ0n) is 19.7. The molecule has 176 valence electrons. The maximum absolute atomic E-state index is 13.3. The summed E-state index contributed by atoms with van der Waals surface area (Å²) in [6.07, 6.45) is 5.61. The normalized spacial score (nSPS) is 27.1. The van der Waals surface area contributed by atoms with Crippen LogP contribution in [-0.4, -0.2) is 60.4 Å².